The van der Waals surface area contributed by atoms with Crippen molar-refractivity contribution in [3.8, 4) is 5.75 Å². The monoisotopic (exact) mass is 1040 g/mol. The van der Waals surface area contributed by atoms with Gasteiger partial charge >= 0.3 is 6.09 Å². The van der Waals surface area contributed by atoms with Crippen LogP contribution in [0.2, 0.25) is 0 Å². The number of rotatable bonds is 38. The molecule has 2 heterocycles. The molecule has 1 aliphatic heterocycles. The van der Waals surface area contributed by atoms with Crippen LogP contribution >= 0.6 is 11.3 Å². The van der Waals surface area contributed by atoms with Crippen LogP contribution in [0.25, 0.3) is 0 Å². The van der Waals surface area contributed by atoms with Crippen LogP contribution in [0.3, 0.4) is 0 Å². The summed E-state index contributed by atoms with van der Waals surface area (Å²) in [4.78, 5) is 95.9. The summed E-state index contributed by atoms with van der Waals surface area (Å²) in [5, 5.41) is 18.1. The third kappa shape index (κ3) is 24.4. The number of amides is 7. The van der Waals surface area contributed by atoms with Crippen LogP contribution < -0.4 is 21.5 Å². The van der Waals surface area contributed by atoms with Crippen LogP contribution in [0.15, 0.2) is 41.8 Å². The number of hydrogen-bond donors (Lipinski definition) is 5. The van der Waals surface area contributed by atoms with Gasteiger partial charge in [0, 0.05) is 81.0 Å². The van der Waals surface area contributed by atoms with E-state index in [1.54, 1.807) is 36.6 Å². The number of aromatic hydroxyl groups is 1. The number of hydrazine groups is 1. The second-order valence-electron chi connectivity index (χ2n) is 18.3. The van der Waals surface area contributed by atoms with Crippen LogP contribution in [0, 0.1) is 11.8 Å². The van der Waals surface area contributed by atoms with Crippen molar-refractivity contribution in [1.29, 1.82) is 0 Å². The number of nitrogens with zero attached hydrogens (tertiary/aromatic N) is 3. The Balaban J connectivity index is 1.37. The average Bonchev–Trinajstić information content (AvgIpc) is 3.99. The molecule has 21 heteroatoms. The van der Waals surface area contributed by atoms with E-state index in [4.69, 9.17) is 28.7 Å². The van der Waals surface area contributed by atoms with E-state index < -0.39 is 36.0 Å². The molecule has 3 rings (SSSR count). The summed E-state index contributed by atoms with van der Waals surface area (Å²) in [6, 6.07) is 5.97. The van der Waals surface area contributed by atoms with Gasteiger partial charge in [-0.2, -0.15) is 0 Å². The third-order valence-electron chi connectivity index (χ3n) is 11.8. The SMILES string of the molecule is CCCCC(=O)N(CCC)C(CC(OCCC)c1nc(C(=O)NC(Cc2ccc(O)cc2)C[C@H](C)C(=O)NNC(=O)OCCOCCOCCOCCNC(=O)CCCCCN2C(=O)C=CC2=O)cs1)C(C)C. The van der Waals surface area contributed by atoms with E-state index in [9.17, 15) is 38.7 Å². The highest BCUT2D eigenvalue weighted by molar-refractivity contribution is 7.09. The molecule has 2 aromatic rings. The number of hydrogen-bond acceptors (Lipinski definition) is 15. The molecule has 3 unspecified atom stereocenters. The first kappa shape index (κ1) is 61.8. The summed E-state index contributed by atoms with van der Waals surface area (Å²) >= 11 is 1.34. The summed E-state index contributed by atoms with van der Waals surface area (Å²) in [7, 11) is 0. The number of ether oxygens (including phenoxy) is 5. The molecular formula is C52H81N7O13S. The number of phenolic OH excluding ortho intramolecular Hbond substituents is 1. The lowest BCUT2D eigenvalue weighted by Gasteiger charge is -2.36. The number of nitrogens with one attached hydrogen (secondary N) is 4. The highest BCUT2D eigenvalue weighted by Crippen LogP contribution is 2.31. The maximum Gasteiger partial charge on any atom is 0.426 e. The lowest BCUT2D eigenvalue weighted by molar-refractivity contribution is -0.137. The smallest absolute Gasteiger partial charge is 0.426 e. The fourth-order valence-corrected chi connectivity index (χ4v) is 8.71. The van der Waals surface area contributed by atoms with Crippen molar-refractivity contribution in [2.75, 3.05) is 72.5 Å². The van der Waals surface area contributed by atoms with Crippen molar-refractivity contribution >= 4 is 52.9 Å². The lowest BCUT2D eigenvalue weighted by atomic mass is 9.95. The zero-order chi connectivity index (χ0) is 53.4. The van der Waals surface area contributed by atoms with Gasteiger partial charge in [-0.1, -0.05) is 66.5 Å². The van der Waals surface area contributed by atoms with Crippen LogP contribution in [0.4, 0.5) is 4.79 Å². The summed E-state index contributed by atoms with van der Waals surface area (Å²) in [6.07, 6.45) is 8.55. The molecule has 73 heavy (non-hydrogen) atoms. The van der Waals surface area contributed by atoms with Gasteiger partial charge in [0.1, 0.15) is 29.2 Å². The Morgan fingerprint density at radius 2 is 1.44 bits per heavy atom. The minimum Gasteiger partial charge on any atom is -0.508 e. The number of thiazole rings is 1. The first-order valence-corrected chi connectivity index (χ1v) is 26.8. The fraction of sp³-hybridized carbons (Fsp3) is 0.654. The van der Waals surface area contributed by atoms with Crippen LogP contribution in [-0.2, 0) is 54.1 Å². The van der Waals surface area contributed by atoms with Crippen molar-refractivity contribution < 1.29 is 62.4 Å². The molecule has 20 nitrogen and oxygen atoms in total. The molecule has 5 N–H and O–H groups in total. The molecule has 0 aliphatic carbocycles. The van der Waals surface area contributed by atoms with Gasteiger partial charge in [0.25, 0.3) is 17.7 Å². The molecule has 4 atom stereocenters. The Labute approximate surface area is 435 Å². The predicted octanol–water partition coefficient (Wildman–Crippen LogP) is 5.94. The second-order valence-corrected chi connectivity index (χ2v) is 19.1. The van der Waals surface area contributed by atoms with Gasteiger partial charge in [-0.05, 0) is 68.6 Å². The number of imide groups is 1. The largest absolute Gasteiger partial charge is 0.508 e. The summed E-state index contributed by atoms with van der Waals surface area (Å²) in [5.41, 5.74) is 5.66. The van der Waals surface area contributed by atoms with Gasteiger partial charge in [-0.3, -0.25) is 39.1 Å². The van der Waals surface area contributed by atoms with Crippen molar-refractivity contribution in [2.24, 2.45) is 11.8 Å². The highest BCUT2D eigenvalue weighted by atomic mass is 32.1. The second kappa shape index (κ2) is 35.6. The Morgan fingerprint density at radius 1 is 0.767 bits per heavy atom. The van der Waals surface area contributed by atoms with E-state index in [0.29, 0.717) is 89.6 Å². The molecule has 0 fully saturated rings. The molecule has 1 aromatic carbocycles. The van der Waals surface area contributed by atoms with E-state index in [1.165, 1.54) is 28.4 Å². The molecule has 7 amide bonds. The van der Waals surface area contributed by atoms with Crippen LogP contribution in [0.5, 0.6) is 5.75 Å². The topological polar surface area (TPSA) is 253 Å². The normalized spacial score (nSPS) is 13.9. The van der Waals surface area contributed by atoms with E-state index >= 15 is 0 Å². The Kier molecular flexibility index (Phi) is 30.2. The Morgan fingerprint density at radius 3 is 2.08 bits per heavy atom. The molecule has 0 bridgehead atoms. The first-order valence-electron chi connectivity index (χ1n) is 25.9. The minimum absolute atomic E-state index is 0.0801. The zero-order valence-electron chi connectivity index (χ0n) is 43.8. The molecule has 0 radical (unpaired) electrons. The van der Waals surface area contributed by atoms with E-state index in [0.717, 1.165) is 37.7 Å². The van der Waals surface area contributed by atoms with Gasteiger partial charge in [-0.25, -0.2) is 15.2 Å². The molecule has 1 aromatic heterocycles. The molecule has 0 saturated carbocycles. The van der Waals surface area contributed by atoms with Crippen molar-refractivity contribution in [3.05, 3.63) is 58.1 Å². The number of phenols is 1. The maximum absolute atomic E-state index is 13.9. The number of carbonyl (C=O) groups excluding carboxylic acids is 7. The Hall–Kier alpha value is -5.48. The summed E-state index contributed by atoms with van der Waals surface area (Å²) in [6.45, 7) is 15.4. The van der Waals surface area contributed by atoms with Crippen LogP contribution in [0.1, 0.15) is 139 Å². The van der Waals surface area contributed by atoms with E-state index in [-0.39, 0.29) is 79.9 Å². The highest BCUT2D eigenvalue weighted by Gasteiger charge is 2.32. The number of carbonyl (C=O) groups is 7. The average molecular weight is 1040 g/mol. The number of benzene rings is 1. The van der Waals surface area contributed by atoms with Gasteiger partial charge in [-0.15, -0.1) is 11.3 Å². The predicted molar refractivity (Wildman–Crippen MR) is 275 cm³/mol. The standard InChI is InChI=1S/C52H81N7O13S/c1-7-10-15-46(62)58(23-8-2)43(37(4)5)35-44(71-25-9-3)51-55-42(36-73-51)50(66)54-40(34-39-16-18-41(60)19-17-39)33-38(6)49(65)56-57-52(67)72-32-31-70-30-29-69-28-27-68-26-22-53-45(61)14-12-11-13-24-59-47(63)20-21-48(59)64/h16-21,36-38,40,43-44,60H,7-15,22-35H2,1-6H3,(H,53,61)(H,54,66)(H,56,65)(H,57,67)/t38-,40?,43?,44?/m0/s1. The van der Waals surface area contributed by atoms with Crippen molar-refractivity contribution in [2.45, 2.75) is 137 Å². The van der Waals surface area contributed by atoms with Gasteiger partial charge in [0.05, 0.1) is 39.6 Å². The van der Waals surface area contributed by atoms with E-state index in [1.807, 2.05) is 11.8 Å². The number of unbranched alkanes of at least 4 members (excludes halogenated alkanes) is 3. The molecular weight excluding hydrogens is 963 g/mol. The number of aromatic nitrogens is 1. The van der Waals surface area contributed by atoms with Crippen molar-refractivity contribution in [3.63, 3.8) is 0 Å². The summed E-state index contributed by atoms with van der Waals surface area (Å²) in [5.74, 6) is -1.89. The quantitative estimate of drug-likeness (QED) is 0.0297. The third-order valence-corrected chi connectivity index (χ3v) is 12.7. The maximum atomic E-state index is 13.9. The zero-order valence-corrected chi connectivity index (χ0v) is 44.6. The summed E-state index contributed by atoms with van der Waals surface area (Å²) < 4.78 is 27.8. The Bertz CT molecular complexity index is 2000. The van der Waals surface area contributed by atoms with Gasteiger partial charge in [0.15, 0.2) is 0 Å². The van der Waals surface area contributed by atoms with Gasteiger partial charge in [0.2, 0.25) is 17.7 Å². The van der Waals surface area contributed by atoms with Crippen molar-refractivity contribution in [1.82, 2.24) is 36.3 Å². The first-order chi connectivity index (χ1) is 35.2. The van der Waals surface area contributed by atoms with Gasteiger partial charge < -0.3 is 44.3 Å². The molecule has 408 valence electrons. The lowest BCUT2D eigenvalue weighted by Crippen LogP contribution is -2.46. The minimum atomic E-state index is -0.882. The molecule has 0 saturated heterocycles. The fourth-order valence-electron chi connectivity index (χ4n) is 7.85. The van der Waals surface area contributed by atoms with Crippen LogP contribution in [-0.4, -0.2) is 146 Å². The molecule has 1 aliphatic rings. The molecule has 0 spiro atoms. The van der Waals surface area contributed by atoms with E-state index in [2.05, 4.69) is 49.2 Å².